The molecule has 1 atom stereocenters. The number of anilines is 1. The molecule has 0 aliphatic carbocycles. The van der Waals surface area contributed by atoms with Gasteiger partial charge in [0.25, 0.3) is 5.91 Å². The van der Waals surface area contributed by atoms with Crippen LogP contribution >= 0.6 is 34.8 Å². The highest BCUT2D eigenvalue weighted by Crippen LogP contribution is 2.33. The Labute approximate surface area is 161 Å². The van der Waals surface area contributed by atoms with Crippen LogP contribution in [0.4, 0.5) is 5.69 Å². The highest BCUT2D eigenvalue weighted by Gasteiger charge is 2.22. The van der Waals surface area contributed by atoms with Gasteiger partial charge < -0.3 is 10.1 Å². The smallest absolute Gasteiger partial charge is 0.339 e. The number of benzene rings is 2. The number of amides is 1. The Hall–Kier alpha value is -1.75. The normalized spacial score (nSPS) is 11.8. The number of rotatable bonds is 4. The Morgan fingerprint density at radius 2 is 1.64 bits per heavy atom. The number of esters is 1. The summed E-state index contributed by atoms with van der Waals surface area (Å²) in [7, 11) is 0. The van der Waals surface area contributed by atoms with Gasteiger partial charge in [-0.1, -0.05) is 52.5 Å². The molecule has 1 unspecified atom stereocenters. The maximum absolute atomic E-state index is 12.3. The Morgan fingerprint density at radius 1 is 1.04 bits per heavy atom. The highest BCUT2D eigenvalue weighted by molar-refractivity contribution is 6.42. The van der Waals surface area contributed by atoms with Gasteiger partial charge in [-0.25, -0.2) is 4.79 Å². The van der Waals surface area contributed by atoms with Crippen LogP contribution in [0.15, 0.2) is 30.3 Å². The van der Waals surface area contributed by atoms with Gasteiger partial charge in [0.1, 0.15) is 0 Å². The quantitative estimate of drug-likeness (QED) is 0.694. The van der Waals surface area contributed by atoms with Crippen molar-refractivity contribution in [3.63, 3.8) is 0 Å². The van der Waals surface area contributed by atoms with Crippen LogP contribution in [-0.2, 0) is 9.53 Å². The fraction of sp³-hybridized carbons (Fsp3) is 0.222. The molecule has 7 heteroatoms. The average molecular weight is 401 g/mol. The molecule has 25 heavy (non-hydrogen) atoms. The molecule has 0 heterocycles. The average Bonchev–Trinajstić information content (AvgIpc) is 2.52. The maximum atomic E-state index is 12.3. The Morgan fingerprint density at radius 3 is 2.24 bits per heavy atom. The molecule has 0 aromatic heterocycles. The van der Waals surface area contributed by atoms with E-state index in [9.17, 15) is 9.59 Å². The minimum absolute atomic E-state index is 0.193. The van der Waals surface area contributed by atoms with Crippen LogP contribution in [0.25, 0.3) is 0 Å². The minimum atomic E-state index is -1.03. The van der Waals surface area contributed by atoms with Gasteiger partial charge >= 0.3 is 5.97 Å². The van der Waals surface area contributed by atoms with E-state index in [1.807, 2.05) is 19.1 Å². The number of nitrogens with one attached hydrogen (secondary N) is 1. The second-order valence-electron chi connectivity index (χ2n) is 5.60. The molecular weight excluding hydrogens is 385 g/mol. The van der Waals surface area contributed by atoms with E-state index < -0.39 is 18.0 Å². The fourth-order valence-electron chi connectivity index (χ4n) is 2.12. The Kier molecular flexibility index (Phi) is 6.33. The van der Waals surface area contributed by atoms with E-state index in [1.54, 1.807) is 13.0 Å². The van der Waals surface area contributed by atoms with Gasteiger partial charge in [-0.05, 0) is 44.5 Å². The van der Waals surface area contributed by atoms with Gasteiger partial charge in [-0.15, -0.1) is 0 Å². The number of halogens is 3. The molecule has 2 aromatic rings. The lowest BCUT2D eigenvalue weighted by molar-refractivity contribution is -0.123. The summed E-state index contributed by atoms with van der Waals surface area (Å²) in [6.45, 7) is 5.14. The Balaban J connectivity index is 2.10. The van der Waals surface area contributed by atoms with Gasteiger partial charge in [0.05, 0.1) is 21.3 Å². The van der Waals surface area contributed by atoms with Crippen molar-refractivity contribution in [3.05, 3.63) is 62.1 Å². The molecule has 132 valence electrons. The van der Waals surface area contributed by atoms with Crippen LogP contribution in [0.5, 0.6) is 0 Å². The molecule has 0 saturated heterocycles. The van der Waals surface area contributed by atoms with Crippen molar-refractivity contribution in [2.24, 2.45) is 0 Å². The van der Waals surface area contributed by atoms with E-state index in [-0.39, 0.29) is 15.7 Å². The van der Waals surface area contributed by atoms with Crippen molar-refractivity contribution in [2.45, 2.75) is 26.9 Å². The number of carbonyl (C=O) groups excluding carboxylic acids is 2. The van der Waals surface area contributed by atoms with Crippen LogP contribution < -0.4 is 5.32 Å². The summed E-state index contributed by atoms with van der Waals surface area (Å²) >= 11 is 17.9. The fourth-order valence-corrected chi connectivity index (χ4v) is 3.03. The summed E-state index contributed by atoms with van der Waals surface area (Å²) < 4.78 is 5.25. The molecule has 0 bridgehead atoms. The summed E-state index contributed by atoms with van der Waals surface area (Å²) in [6.07, 6.45) is -1.03. The molecule has 0 spiro atoms. The molecule has 2 rings (SSSR count). The first kappa shape index (κ1) is 19.6. The predicted octanol–water partition coefficient (Wildman–Crippen LogP) is 5.45. The van der Waals surface area contributed by atoms with E-state index >= 15 is 0 Å². The first-order chi connectivity index (χ1) is 11.7. The third-order valence-electron chi connectivity index (χ3n) is 3.52. The largest absolute Gasteiger partial charge is 0.449 e. The predicted molar refractivity (Wildman–Crippen MR) is 101 cm³/mol. The third-order valence-corrected chi connectivity index (χ3v) is 4.34. The molecule has 0 aliphatic rings. The van der Waals surface area contributed by atoms with Crippen LogP contribution in [0.2, 0.25) is 15.1 Å². The number of hydrogen-bond donors (Lipinski definition) is 1. The lowest BCUT2D eigenvalue weighted by Crippen LogP contribution is -2.30. The first-order valence-corrected chi connectivity index (χ1v) is 8.56. The molecule has 0 saturated carbocycles. The third kappa shape index (κ3) is 4.88. The Bertz CT molecular complexity index is 813. The van der Waals surface area contributed by atoms with E-state index in [0.717, 1.165) is 11.1 Å². The van der Waals surface area contributed by atoms with Gasteiger partial charge in [0, 0.05) is 5.02 Å². The molecule has 2 aromatic carbocycles. The summed E-state index contributed by atoms with van der Waals surface area (Å²) in [5, 5.41) is 3.29. The van der Waals surface area contributed by atoms with Crippen LogP contribution in [0, 0.1) is 13.8 Å². The van der Waals surface area contributed by atoms with Gasteiger partial charge in [-0.2, -0.15) is 0 Å². The van der Waals surface area contributed by atoms with Crippen LogP contribution in [0.3, 0.4) is 0 Å². The monoisotopic (exact) mass is 399 g/mol. The van der Waals surface area contributed by atoms with Crippen molar-refractivity contribution in [2.75, 3.05) is 5.32 Å². The second kappa shape index (κ2) is 8.09. The molecular formula is C18H16Cl3NO3. The zero-order valence-electron chi connectivity index (χ0n) is 13.8. The van der Waals surface area contributed by atoms with Gasteiger partial charge in [-0.3, -0.25) is 4.79 Å². The van der Waals surface area contributed by atoms with Crippen molar-refractivity contribution in [3.8, 4) is 0 Å². The lowest BCUT2D eigenvalue weighted by Gasteiger charge is -2.16. The second-order valence-corrected chi connectivity index (χ2v) is 6.85. The van der Waals surface area contributed by atoms with E-state index in [4.69, 9.17) is 39.5 Å². The van der Waals surface area contributed by atoms with Crippen molar-refractivity contribution in [1.82, 2.24) is 0 Å². The molecule has 1 N–H and O–H groups in total. The number of aryl methyl sites for hydroxylation is 2. The van der Waals surface area contributed by atoms with Crippen molar-refractivity contribution in [1.29, 1.82) is 0 Å². The number of carbonyl (C=O) groups is 2. The topological polar surface area (TPSA) is 55.4 Å². The molecule has 4 nitrogen and oxygen atoms in total. The van der Waals surface area contributed by atoms with Crippen molar-refractivity contribution < 1.29 is 14.3 Å². The summed E-state index contributed by atoms with van der Waals surface area (Å²) in [5.41, 5.74) is 2.33. The van der Waals surface area contributed by atoms with Crippen LogP contribution in [-0.4, -0.2) is 18.0 Å². The van der Waals surface area contributed by atoms with Gasteiger partial charge in [0.15, 0.2) is 6.10 Å². The summed E-state index contributed by atoms with van der Waals surface area (Å²) in [6, 6.07) is 8.35. The van der Waals surface area contributed by atoms with E-state index in [0.29, 0.717) is 10.6 Å². The van der Waals surface area contributed by atoms with Gasteiger partial charge in [0.2, 0.25) is 0 Å². The minimum Gasteiger partial charge on any atom is -0.449 e. The molecule has 0 aliphatic heterocycles. The molecule has 0 fully saturated rings. The van der Waals surface area contributed by atoms with Crippen LogP contribution in [0.1, 0.15) is 28.4 Å². The zero-order chi connectivity index (χ0) is 18.7. The standard InChI is InChI=1S/C18H16Cl3NO3/c1-9-4-5-10(2)13(6-9)18(24)25-11(3)17(23)22-16-14(20)7-12(19)8-15(16)21/h4-8,11H,1-3H3,(H,22,23). The zero-order valence-corrected chi connectivity index (χ0v) is 16.1. The number of hydrogen-bond acceptors (Lipinski definition) is 3. The first-order valence-electron chi connectivity index (χ1n) is 7.42. The SMILES string of the molecule is Cc1ccc(C)c(C(=O)OC(C)C(=O)Nc2c(Cl)cc(Cl)cc2Cl)c1. The molecule has 1 amide bonds. The number of ether oxygens (including phenoxy) is 1. The maximum Gasteiger partial charge on any atom is 0.339 e. The summed E-state index contributed by atoms with van der Waals surface area (Å²) in [4.78, 5) is 24.6. The molecule has 0 radical (unpaired) electrons. The van der Waals surface area contributed by atoms with E-state index in [1.165, 1.54) is 19.1 Å². The summed E-state index contributed by atoms with van der Waals surface area (Å²) in [5.74, 6) is -1.12. The lowest BCUT2D eigenvalue weighted by atomic mass is 10.1. The highest BCUT2D eigenvalue weighted by atomic mass is 35.5. The van der Waals surface area contributed by atoms with E-state index in [2.05, 4.69) is 5.32 Å². The van der Waals surface area contributed by atoms with Crippen molar-refractivity contribution >= 4 is 52.4 Å².